The Balaban J connectivity index is 1.71. The third-order valence-electron chi connectivity index (χ3n) is 6.72. The summed E-state index contributed by atoms with van der Waals surface area (Å²) in [4.78, 5) is 13.6. The van der Waals surface area contributed by atoms with Gasteiger partial charge in [0.05, 0.1) is 51.6 Å². The Morgan fingerprint density at radius 3 is 2.00 bits per heavy atom. The monoisotopic (exact) mass is 501 g/mol. The number of hydrogen-bond donors (Lipinski definition) is 0. The van der Waals surface area contributed by atoms with E-state index in [-0.39, 0.29) is 0 Å². The molecule has 7 heteroatoms. The van der Waals surface area contributed by atoms with Gasteiger partial charge in [0, 0.05) is 16.3 Å². The van der Waals surface area contributed by atoms with Crippen molar-refractivity contribution in [2.45, 2.75) is 13.8 Å². The van der Waals surface area contributed by atoms with E-state index >= 15 is 0 Å². The molecule has 39 heavy (non-hydrogen) atoms. The van der Waals surface area contributed by atoms with Crippen molar-refractivity contribution in [2.75, 3.05) is 0 Å². The van der Waals surface area contributed by atoms with Gasteiger partial charge in [-0.1, -0.05) is 36.4 Å². The van der Waals surface area contributed by atoms with Crippen LogP contribution in [0.5, 0.6) is 0 Å². The van der Waals surface area contributed by atoms with Crippen LogP contribution >= 0.6 is 0 Å². The molecule has 0 aliphatic heterocycles. The number of nitrogens with zero attached hydrogens (tertiary/aromatic N) is 7. The molecule has 0 aliphatic carbocycles. The number of rotatable bonds is 3. The number of aryl methyl sites for hydroxylation is 2. The van der Waals surface area contributed by atoms with Gasteiger partial charge in [0.1, 0.15) is 11.6 Å². The molecule has 0 saturated heterocycles. The fourth-order valence-corrected chi connectivity index (χ4v) is 5.07. The summed E-state index contributed by atoms with van der Waals surface area (Å²) in [6.07, 6.45) is 0. The molecule has 2 heterocycles. The molecule has 6 aromatic rings. The van der Waals surface area contributed by atoms with Crippen molar-refractivity contribution in [3.63, 3.8) is 0 Å². The van der Waals surface area contributed by atoms with Crippen molar-refractivity contribution < 1.29 is 0 Å². The van der Waals surface area contributed by atoms with Gasteiger partial charge in [0.15, 0.2) is 5.82 Å². The quantitative estimate of drug-likeness (QED) is 0.272. The van der Waals surface area contributed by atoms with Gasteiger partial charge in [-0.25, -0.2) is 15.0 Å². The van der Waals surface area contributed by atoms with Crippen LogP contribution < -0.4 is 0 Å². The summed E-state index contributed by atoms with van der Waals surface area (Å²) in [5.41, 5.74) is 6.37. The van der Waals surface area contributed by atoms with E-state index in [1.807, 2.05) is 68.4 Å². The first-order valence-electron chi connectivity index (χ1n) is 12.2. The third-order valence-corrected chi connectivity index (χ3v) is 6.72. The number of fused-ring (bicyclic) bond motifs is 3. The van der Waals surface area contributed by atoms with Crippen molar-refractivity contribution >= 4 is 21.8 Å². The van der Waals surface area contributed by atoms with E-state index < -0.39 is 0 Å². The molecule has 6 rings (SSSR count). The first-order chi connectivity index (χ1) is 19.0. The molecular weight excluding hydrogens is 482 g/mol. The van der Waals surface area contributed by atoms with Crippen molar-refractivity contribution in [1.29, 1.82) is 15.8 Å². The second-order valence-electron chi connectivity index (χ2n) is 9.17. The molecule has 0 bridgehead atoms. The van der Waals surface area contributed by atoms with Crippen LogP contribution in [-0.2, 0) is 0 Å². The molecule has 0 radical (unpaired) electrons. The Hall–Kier alpha value is -5.84. The molecule has 0 fully saturated rings. The van der Waals surface area contributed by atoms with Gasteiger partial charge in [-0.15, -0.1) is 0 Å². The van der Waals surface area contributed by atoms with Crippen LogP contribution in [0, 0.1) is 47.8 Å². The maximum absolute atomic E-state index is 9.81. The van der Waals surface area contributed by atoms with E-state index in [4.69, 9.17) is 0 Å². The lowest BCUT2D eigenvalue weighted by atomic mass is 9.97. The number of para-hydroxylation sites is 1. The van der Waals surface area contributed by atoms with Crippen LogP contribution in [-0.4, -0.2) is 19.5 Å². The normalized spacial score (nSPS) is 10.7. The maximum atomic E-state index is 9.81. The summed E-state index contributed by atoms with van der Waals surface area (Å²) in [5, 5.41) is 31.0. The summed E-state index contributed by atoms with van der Waals surface area (Å²) < 4.78 is 2.12. The Labute approximate surface area is 224 Å². The van der Waals surface area contributed by atoms with E-state index in [0.717, 1.165) is 44.2 Å². The Morgan fingerprint density at radius 2 is 1.28 bits per heavy atom. The van der Waals surface area contributed by atoms with Crippen LogP contribution in [0.15, 0.2) is 78.9 Å². The standard InChI is InChI=1S/C32H19N7/c1-19-36-20(2)38-32(37-19)28-11-8-22(17-34)14-30(28)39-29-6-4-3-5-26(29)27-12-9-23(15-31(27)39)25-10-7-21(16-33)13-24(25)18-35/h3-15H,1-2H3. The molecule has 0 aliphatic rings. The van der Waals surface area contributed by atoms with Gasteiger partial charge < -0.3 is 4.57 Å². The molecule has 7 nitrogen and oxygen atoms in total. The molecule has 0 atom stereocenters. The first kappa shape index (κ1) is 23.6. The zero-order chi connectivity index (χ0) is 27.1. The van der Waals surface area contributed by atoms with Crippen LogP contribution in [0.25, 0.3) is 50.0 Å². The second-order valence-corrected chi connectivity index (χ2v) is 9.17. The molecule has 0 saturated carbocycles. The third kappa shape index (κ3) is 3.94. The lowest BCUT2D eigenvalue weighted by Gasteiger charge is -2.14. The molecule has 4 aromatic carbocycles. The van der Waals surface area contributed by atoms with Crippen LogP contribution in [0.2, 0.25) is 0 Å². The van der Waals surface area contributed by atoms with E-state index in [1.54, 1.807) is 18.2 Å². The summed E-state index contributed by atoms with van der Waals surface area (Å²) >= 11 is 0. The predicted octanol–water partition coefficient (Wildman–Crippen LogP) is 6.53. The highest BCUT2D eigenvalue weighted by Gasteiger charge is 2.19. The lowest BCUT2D eigenvalue weighted by Crippen LogP contribution is -2.03. The number of nitriles is 3. The lowest BCUT2D eigenvalue weighted by molar-refractivity contribution is 0.926. The molecule has 0 unspecified atom stereocenters. The average molecular weight is 502 g/mol. The maximum Gasteiger partial charge on any atom is 0.165 e. The molecule has 2 aromatic heterocycles. The minimum atomic E-state index is 0.430. The van der Waals surface area contributed by atoms with Gasteiger partial charge in [0.25, 0.3) is 0 Å². The second kappa shape index (κ2) is 9.23. The van der Waals surface area contributed by atoms with E-state index in [9.17, 15) is 15.8 Å². The zero-order valence-electron chi connectivity index (χ0n) is 21.1. The molecule has 0 N–H and O–H groups in total. The Kier molecular flexibility index (Phi) is 5.57. The number of aromatic nitrogens is 4. The summed E-state index contributed by atoms with van der Waals surface area (Å²) in [5.74, 6) is 1.75. The minimum absolute atomic E-state index is 0.430. The van der Waals surface area contributed by atoms with Crippen LogP contribution in [0.1, 0.15) is 28.3 Å². The van der Waals surface area contributed by atoms with Crippen molar-refractivity contribution in [2.24, 2.45) is 0 Å². The highest BCUT2D eigenvalue weighted by atomic mass is 15.0. The van der Waals surface area contributed by atoms with Crippen LogP contribution in [0.4, 0.5) is 0 Å². The van der Waals surface area contributed by atoms with Crippen molar-refractivity contribution in [3.8, 4) is 46.4 Å². The van der Waals surface area contributed by atoms with E-state index in [2.05, 4.69) is 43.8 Å². The minimum Gasteiger partial charge on any atom is -0.308 e. The topological polar surface area (TPSA) is 115 Å². The molecular formula is C32H19N7. The zero-order valence-corrected chi connectivity index (χ0v) is 21.1. The van der Waals surface area contributed by atoms with E-state index in [0.29, 0.717) is 34.2 Å². The SMILES string of the molecule is Cc1nc(C)nc(-c2ccc(C#N)cc2-n2c3ccccc3c3ccc(-c4ccc(C#N)cc4C#N)cc32)n1. The Bertz CT molecular complexity index is 2060. The summed E-state index contributed by atoms with van der Waals surface area (Å²) in [6.45, 7) is 3.66. The number of benzene rings is 4. The van der Waals surface area contributed by atoms with Gasteiger partial charge in [-0.2, -0.15) is 15.8 Å². The smallest absolute Gasteiger partial charge is 0.165 e. The fourth-order valence-electron chi connectivity index (χ4n) is 5.07. The molecule has 182 valence electrons. The van der Waals surface area contributed by atoms with Gasteiger partial charge in [-0.05, 0) is 67.4 Å². The average Bonchev–Trinajstić information content (AvgIpc) is 3.29. The summed E-state index contributed by atoms with van der Waals surface area (Å²) in [7, 11) is 0. The highest BCUT2D eigenvalue weighted by molar-refractivity contribution is 6.10. The summed E-state index contributed by atoms with van der Waals surface area (Å²) in [6, 6.07) is 31.4. The fraction of sp³-hybridized carbons (Fsp3) is 0.0625. The molecule has 0 amide bonds. The molecule has 0 spiro atoms. The largest absolute Gasteiger partial charge is 0.308 e. The first-order valence-corrected chi connectivity index (χ1v) is 12.2. The highest BCUT2D eigenvalue weighted by Crippen LogP contribution is 2.38. The predicted molar refractivity (Wildman–Crippen MR) is 149 cm³/mol. The number of hydrogen-bond acceptors (Lipinski definition) is 6. The van der Waals surface area contributed by atoms with Gasteiger partial charge >= 0.3 is 0 Å². The van der Waals surface area contributed by atoms with Gasteiger partial charge in [-0.3, -0.25) is 0 Å². The van der Waals surface area contributed by atoms with Crippen LogP contribution in [0.3, 0.4) is 0 Å². The van der Waals surface area contributed by atoms with E-state index in [1.165, 1.54) is 0 Å². The van der Waals surface area contributed by atoms with Crippen molar-refractivity contribution in [3.05, 3.63) is 107 Å². The Morgan fingerprint density at radius 1 is 0.615 bits per heavy atom. The van der Waals surface area contributed by atoms with Gasteiger partial charge in [0.2, 0.25) is 0 Å². The van der Waals surface area contributed by atoms with Crippen molar-refractivity contribution in [1.82, 2.24) is 19.5 Å².